The maximum absolute atomic E-state index is 4.40. The largest absolute Gasteiger partial charge is 0.252 e. The van der Waals surface area contributed by atoms with Crippen LogP contribution in [0.15, 0.2) is 31.0 Å². The van der Waals surface area contributed by atoms with Gasteiger partial charge in [0.25, 0.3) is 0 Å². The lowest BCUT2D eigenvalue weighted by atomic mass is 9.73. The van der Waals surface area contributed by atoms with Crippen LogP contribution < -0.4 is 5.46 Å². The number of fused-ring (bicyclic) bond motifs is 1. The minimum Gasteiger partial charge on any atom is -0.252 e. The average molecular weight is 181 g/mol. The van der Waals surface area contributed by atoms with Gasteiger partial charge in [-0.05, 0) is 18.2 Å². The highest BCUT2D eigenvalue weighted by molar-refractivity contribution is 6.52. The first kappa shape index (κ1) is 8.94. The van der Waals surface area contributed by atoms with E-state index in [2.05, 4.69) is 16.5 Å². The molecule has 0 saturated carbocycles. The summed E-state index contributed by atoms with van der Waals surface area (Å²) in [4.78, 5) is 8.68. The summed E-state index contributed by atoms with van der Waals surface area (Å²) >= 11 is 0. The van der Waals surface area contributed by atoms with Crippen molar-refractivity contribution in [2.24, 2.45) is 0 Å². The van der Waals surface area contributed by atoms with Gasteiger partial charge in [0.1, 0.15) is 7.28 Å². The lowest BCUT2D eigenvalue weighted by Crippen LogP contribution is -2.09. The van der Waals surface area contributed by atoms with Gasteiger partial charge < -0.3 is 0 Å². The molecule has 1 aromatic carbocycles. The highest BCUT2D eigenvalue weighted by Gasteiger charge is 1.98. The smallest absolute Gasteiger partial charge is 0.148 e. The fraction of sp³-hybridized carbons (Fsp3) is 0.0909. The van der Waals surface area contributed by atoms with Crippen molar-refractivity contribution >= 4 is 29.9 Å². The molecule has 0 aliphatic carbocycles. The van der Waals surface area contributed by atoms with Gasteiger partial charge in [-0.15, -0.1) is 0 Å². The van der Waals surface area contributed by atoms with E-state index in [0.717, 1.165) is 22.2 Å². The van der Waals surface area contributed by atoms with Crippen LogP contribution in [0.2, 0.25) is 6.82 Å². The monoisotopic (exact) mass is 181 g/mol. The van der Waals surface area contributed by atoms with E-state index in [-0.39, 0.29) is 0 Å². The Kier molecular flexibility index (Phi) is 2.31. The predicted octanol–water partition coefficient (Wildman–Crippen LogP) is 1.65. The maximum Gasteiger partial charge on any atom is 0.148 e. The molecule has 1 aromatic heterocycles. The number of rotatable bonds is 2. The predicted molar refractivity (Wildman–Crippen MR) is 60.9 cm³/mol. The normalized spacial score (nSPS) is 10.1. The molecule has 1 heterocycles. The van der Waals surface area contributed by atoms with E-state index in [1.165, 1.54) is 0 Å². The SMILES string of the molecule is C=Cc1cnc2ccc([B]C)cc2n1. The Hall–Kier alpha value is -1.64. The van der Waals surface area contributed by atoms with E-state index >= 15 is 0 Å². The number of aromatic nitrogens is 2. The molecule has 0 aliphatic rings. The van der Waals surface area contributed by atoms with Crippen LogP contribution in [0.4, 0.5) is 0 Å². The maximum atomic E-state index is 4.40. The van der Waals surface area contributed by atoms with Crippen LogP contribution in [0.1, 0.15) is 5.69 Å². The van der Waals surface area contributed by atoms with Gasteiger partial charge in [0.15, 0.2) is 0 Å². The van der Waals surface area contributed by atoms with E-state index < -0.39 is 0 Å². The second kappa shape index (κ2) is 3.62. The Labute approximate surface area is 83.9 Å². The van der Waals surface area contributed by atoms with E-state index in [4.69, 9.17) is 0 Å². The van der Waals surface area contributed by atoms with Gasteiger partial charge >= 0.3 is 0 Å². The van der Waals surface area contributed by atoms with E-state index in [1.807, 2.05) is 32.3 Å². The van der Waals surface area contributed by atoms with Crippen molar-refractivity contribution in [1.82, 2.24) is 9.97 Å². The second-order valence-corrected chi connectivity index (χ2v) is 3.04. The highest BCUT2D eigenvalue weighted by Crippen LogP contribution is 2.07. The van der Waals surface area contributed by atoms with Crippen molar-refractivity contribution in [3.05, 3.63) is 36.7 Å². The number of hydrogen-bond acceptors (Lipinski definition) is 2. The third-order valence-electron chi connectivity index (χ3n) is 2.13. The van der Waals surface area contributed by atoms with Gasteiger partial charge in [-0.2, -0.15) is 0 Å². The van der Waals surface area contributed by atoms with Crippen LogP contribution in [0.3, 0.4) is 0 Å². The topological polar surface area (TPSA) is 25.8 Å². The van der Waals surface area contributed by atoms with E-state index in [9.17, 15) is 0 Å². The fourth-order valence-electron chi connectivity index (χ4n) is 1.32. The van der Waals surface area contributed by atoms with Crippen molar-refractivity contribution < 1.29 is 0 Å². The van der Waals surface area contributed by atoms with Crippen molar-refractivity contribution in [3.8, 4) is 0 Å². The summed E-state index contributed by atoms with van der Waals surface area (Å²) in [5.41, 5.74) is 3.80. The molecule has 2 rings (SSSR count). The molecule has 67 valence electrons. The van der Waals surface area contributed by atoms with Crippen LogP contribution in [0.5, 0.6) is 0 Å². The van der Waals surface area contributed by atoms with Gasteiger partial charge in [-0.3, -0.25) is 4.98 Å². The van der Waals surface area contributed by atoms with Gasteiger partial charge in [-0.25, -0.2) is 4.98 Å². The van der Waals surface area contributed by atoms with Crippen LogP contribution in [-0.4, -0.2) is 17.2 Å². The third-order valence-corrected chi connectivity index (χ3v) is 2.13. The lowest BCUT2D eigenvalue weighted by molar-refractivity contribution is 1.27. The molecule has 14 heavy (non-hydrogen) atoms. The summed E-state index contributed by atoms with van der Waals surface area (Å²) in [7, 11) is 2.04. The number of hydrogen-bond donors (Lipinski definition) is 0. The minimum atomic E-state index is 0.811. The Morgan fingerprint density at radius 1 is 1.36 bits per heavy atom. The van der Waals surface area contributed by atoms with Crippen molar-refractivity contribution in [2.45, 2.75) is 6.82 Å². The molecule has 3 heteroatoms. The molecule has 0 N–H and O–H groups in total. The van der Waals surface area contributed by atoms with Crippen LogP contribution >= 0.6 is 0 Å². The van der Waals surface area contributed by atoms with Gasteiger partial charge in [-0.1, -0.05) is 24.9 Å². The molecular weight excluding hydrogens is 171 g/mol. The molecule has 0 amide bonds. The Morgan fingerprint density at radius 2 is 2.21 bits per heavy atom. The molecule has 0 spiro atoms. The van der Waals surface area contributed by atoms with Crippen LogP contribution in [0, 0.1) is 0 Å². The first-order chi connectivity index (χ1) is 6.83. The molecule has 1 radical (unpaired) electrons. The molecule has 0 bridgehead atoms. The van der Waals surface area contributed by atoms with E-state index in [0.29, 0.717) is 0 Å². The second-order valence-electron chi connectivity index (χ2n) is 3.04. The van der Waals surface area contributed by atoms with Gasteiger partial charge in [0.2, 0.25) is 0 Å². The van der Waals surface area contributed by atoms with Gasteiger partial charge in [0, 0.05) is 0 Å². The zero-order chi connectivity index (χ0) is 9.97. The summed E-state index contributed by atoms with van der Waals surface area (Å²) in [5.74, 6) is 0. The zero-order valence-corrected chi connectivity index (χ0v) is 8.07. The third kappa shape index (κ3) is 1.53. The molecule has 0 aliphatic heterocycles. The van der Waals surface area contributed by atoms with Gasteiger partial charge in [0.05, 0.1) is 22.9 Å². The summed E-state index contributed by atoms with van der Waals surface area (Å²) in [6, 6.07) is 6.03. The molecule has 0 saturated heterocycles. The van der Waals surface area contributed by atoms with Crippen molar-refractivity contribution in [1.29, 1.82) is 0 Å². The molecule has 0 atom stereocenters. The average Bonchev–Trinajstić information content (AvgIpc) is 2.27. The van der Waals surface area contributed by atoms with Crippen molar-refractivity contribution in [3.63, 3.8) is 0 Å². The first-order valence-electron chi connectivity index (χ1n) is 4.52. The molecule has 0 unspecified atom stereocenters. The Bertz CT molecular complexity index is 480. The number of nitrogens with zero attached hydrogens (tertiary/aromatic N) is 2. The molecule has 0 fully saturated rings. The summed E-state index contributed by atoms with van der Waals surface area (Å²) < 4.78 is 0. The lowest BCUT2D eigenvalue weighted by Gasteiger charge is -2.00. The molecular formula is C11H10BN2. The van der Waals surface area contributed by atoms with Crippen LogP contribution in [-0.2, 0) is 0 Å². The molecule has 2 aromatic rings. The quantitative estimate of drug-likeness (QED) is 0.658. The number of benzene rings is 1. The first-order valence-corrected chi connectivity index (χ1v) is 4.52. The standard InChI is InChI=1S/C11H10BN2/c1-3-9-7-13-10-5-4-8(12-2)6-11(10)14-9/h3-7H,1H2,2H3. The summed E-state index contributed by atoms with van der Waals surface area (Å²) in [5, 5.41) is 0. The fourth-order valence-corrected chi connectivity index (χ4v) is 1.32. The minimum absolute atomic E-state index is 0.811. The van der Waals surface area contributed by atoms with Crippen molar-refractivity contribution in [2.75, 3.05) is 0 Å². The van der Waals surface area contributed by atoms with Crippen LogP contribution in [0.25, 0.3) is 17.1 Å². The highest BCUT2D eigenvalue weighted by atomic mass is 14.8. The van der Waals surface area contributed by atoms with E-state index in [1.54, 1.807) is 12.3 Å². The summed E-state index contributed by atoms with van der Waals surface area (Å²) in [6.07, 6.45) is 3.43. The molecule has 2 nitrogen and oxygen atoms in total. The Morgan fingerprint density at radius 3 is 2.93 bits per heavy atom. The Balaban J connectivity index is 2.65. The summed E-state index contributed by atoms with van der Waals surface area (Å²) in [6.45, 7) is 5.68. The zero-order valence-electron chi connectivity index (χ0n) is 8.07.